The number of alkyl halides is 3. The van der Waals surface area contributed by atoms with Crippen molar-refractivity contribution < 1.29 is 18.0 Å². The summed E-state index contributed by atoms with van der Waals surface area (Å²) >= 11 is 1.17. The van der Waals surface area contributed by atoms with E-state index in [-0.39, 0.29) is 17.4 Å². The summed E-state index contributed by atoms with van der Waals surface area (Å²) in [7, 11) is 0. The number of hydrogen-bond donors (Lipinski definition) is 1. The van der Waals surface area contributed by atoms with Crippen molar-refractivity contribution in [1.82, 2.24) is 19.8 Å². The number of anilines is 1. The van der Waals surface area contributed by atoms with Crippen LogP contribution < -0.4 is 5.32 Å². The monoisotopic (exact) mass is 395 g/mol. The fourth-order valence-corrected chi connectivity index (χ4v) is 2.99. The Hall–Kier alpha value is -2.62. The van der Waals surface area contributed by atoms with Crippen molar-refractivity contribution in [2.45, 2.75) is 31.0 Å². The third-order valence-electron chi connectivity index (χ3n) is 3.60. The first-order valence-electron chi connectivity index (χ1n) is 8.06. The van der Waals surface area contributed by atoms with E-state index in [1.54, 1.807) is 16.6 Å². The summed E-state index contributed by atoms with van der Waals surface area (Å²) in [4.78, 5) is 12.1. The van der Waals surface area contributed by atoms with Crippen molar-refractivity contribution >= 4 is 29.0 Å². The number of carbonyl (C=O) groups excluding carboxylic acids is 1. The second-order valence-electron chi connectivity index (χ2n) is 6.07. The van der Waals surface area contributed by atoms with Crippen molar-refractivity contribution in [3.05, 3.63) is 47.8 Å². The molecule has 0 fully saturated rings. The van der Waals surface area contributed by atoms with Gasteiger partial charge >= 0.3 is 6.18 Å². The van der Waals surface area contributed by atoms with Crippen LogP contribution in [0.1, 0.15) is 31.2 Å². The van der Waals surface area contributed by atoms with Gasteiger partial charge in [-0.15, -0.1) is 10.2 Å². The molecule has 0 saturated carbocycles. The van der Waals surface area contributed by atoms with E-state index >= 15 is 0 Å². The molecule has 0 atom stereocenters. The molecular weight excluding hydrogens is 379 g/mol. The van der Waals surface area contributed by atoms with Gasteiger partial charge in [0.05, 0.1) is 11.3 Å². The number of thioether (sulfide) groups is 1. The van der Waals surface area contributed by atoms with Crippen LogP contribution >= 0.6 is 11.8 Å². The van der Waals surface area contributed by atoms with Gasteiger partial charge in [-0.2, -0.15) is 22.8 Å². The molecule has 0 radical (unpaired) electrons. The van der Waals surface area contributed by atoms with Gasteiger partial charge in [-0.25, -0.2) is 0 Å². The van der Waals surface area contributed by atoms with Gasteiger partial charge in [0.25, 0.3) is 0 Å². The predicted octanol–water partition coefficient (Wildman–Crippen LogP) is 4.00. The Bertz CT molecular complexity index is 971. The molecule has 27 heavy (non-hydrogen) atoms. The largest absolute Gasteiger partial charge is 0.416 e. The molecule has 0 aliphatic rings. The Kier molecular flexibility index (Phi) is 5.36. The number of aromatic nitrogens is 4. The summed E-state index contributed by atoms with van der Waals surface area (Å²) in [5, 5.41) is 15.6. The van der Waals surface area contributed by atoms with Gasteiger partial charge in [0.2, 0.25) is 5.91 Å². The summed E-state index contributed by atoms with van der Waals surface area (Å²) in [6.45, 7) is 3.95. The number of carbonyl (C=O) groups is 1. The second-order valence-corrected chi connectivity index (χ2v) is 7.07. The lowest BCUT2D eigenvalue weighted by molar-refractivity contribution is -0.137. The quantitative estimate of drug-likeness (QED) is 0.661. The Morgan fingerprint density at radius 1 is 1.22 bits per heavy atom. The Morgan fingerprint density at radius 3 is 2.70 bits per heavy atom. The van der Waals surface area contributed by atoms with E-state index in [1.807, 2.05) is 13.8 Å². The lowest BCUT2D eigenvalue weighted by Crippen LogP contribution is -2.15. The summed E-state index contributed by atoms with van der Waals surface area (Å²) in [5.41, 5.74) is -0.106. The Labute approximate surface area is 157 Å². The van der Waals surface area contributed by atoms with Crippen LogP contribution in [0.25, 0.3) is 5.65 Å². The first-order chi connectivity index (χ1) is 12.7. The zero-order chi connectivity index (χ0) is 19.6. The second kappa shape index (κ2) is 7.55. The van der Waals surface area contributed by atoms with E-state index in [1.165, 1.54) is 23.9 Å². The maximum Gasteiger partial charge on any atom is 0.416 e. The van der Waals surface area contributed by atoms with Crippen LogP contribution in [0.5, 0.6) is 0 Å². The Balaban J connectivity index is 1.66. The molecule has 0 aliphatic heterocycles. The highest BCUT2D eigenvalue weighted by Crippen LogP contribution is 2.30. The maximum atomic E-state index is 12.7. The molecule has 1 N–H and O–H groups in total. The predicted molar refractivity (Wildman–Crippen MR) is 95.7 cm³/mol. The molecule has 0 unspecified atom stereocenters. The fraction of sp³-hybridized carbons (Fsp3) is 0.294. The molecule has 0 saturated heterocycles. The highest BCUT2D eigenvalue weighted by Gasteiger charge is 2.30. The van der Waals surface area contributed by atoms with Gasteiger partial charge in [-0.1, -0.05) is 31.7 Å². The van der Waals surface area contributed by atoms with E-state index in [2.05, 4.69) is 20.6 Å². The van der Waals surface area contributed by atoms with Crippen LogP contribution in [0.2, 0.25) is 0 Å². The van der Waals surface area contributed by atoms with Crippen molar-refractivity contribution in [2.75, 3.05) is 11.1 Å². The molecule has 142 valence electrons. The number of rotatable bonds is 5. The first-order valence-corrected chi connectivity index (χ1v) is 9.05. The van der Waals surface area contributed by atoms with Gasteiger partial charge in [-0.3, -0.25) is 4.79 Å². The molecule has 0 spiro atoms. The molecule has 0 bridgehead atoms. The summed E-state index contributed by atoms with van der Waals surface area (Å²) in [6, 6.07) is 7.98. The number of nitrogens with zero attached hydrogens (tertiary/aromatic N) is 4. The van der Waals surface area contributed by atoms with Crippen molar-refractivity contribution in [3.8, 4) is 0 Å². The van der Waals surface area contributed by atoms with E-state index in [4.69, 9.17) is 0 Å². The number of fused-ring (bicyclic) bond motifs is 1. The van der Waals surface area contributed by atoms with Gasteiger partial charge in [0, 0.05) is 11.6 Å². The number of amides is 1. The molecule has 10 heteroatoms. The molecule has 3 rings (SSSR count). The highest BCUT2D eigenvalue weighted by molar-refractivity contribution is 7.99. The molecule has 2 aromatic heterocycles. The van der Waals surface area contributed by atoms with Crippen molar-refractivity contribution in [3.63, 3.8) is 0 Å². The van der Waals surface area contributed by atoms with Gasteiger partial charge in [0.15, 0.2) is 11.5 Å². The zero-order valence-electron chi connectivity index (χ0n) is 14.5. The summed E-state index contributed by atoms with van der Waals surface area (Å²) < 4.78 is 39.8. The molecule has 2 heterocycles. The van der Waals surface area contributed by atoms with Crippen LogP contribution in [0.4, 0.5) is 18.9 Å². The molecular formula is C17H16F3N5OS. The number of hydrogen-bond acceptors (Lipinski definition) is 5. The lowest BCUT2D eigenvalue weighted by Gasteiger charge is -2.10. The molecule has 3 aromatic rings. The van der Waals surface area contributed by atoms with E-state index in [0.717, 1.165) is 12.1 Å². The topological polar surface area (TPSA) is 72.2 Å². The van der Waals surface area contributed by atoms with Crippen LogP contribution in [-0.4, -0.2) is 31.5 Å². The van der Waals surface area contributed by atoms with Gasteiger partial charge in [0.1, 0.15) is 5.03 Å². The maximum absolute atomic E-state index is 12.7. The zero-order valence-corrected chi connectivity index (χ0v) is 15.3. The Morgan fingerprint density at radius 2 is 2.00 bits per heavy atom. The van der Waals surface area contributed by atoms with Crippen molar-refractivity contribution in [1.29, 1.82) is 0 Å². The summed E-state index contributed by atoms with van der Waals surface area (Å²) in [5.74, 6) is 0.431. The molecule has 1 amide bonds. The molecule has 1 aromatic carbocycles. The fourth-order valence-electron chi connectivity index (χ4n) is 2.34. The van der Waals surface area contributed by atoms with Crippen LogP contribution in [0.15, 0.2) is 41.4 Å². The number of nitrogens with one attached hydrogen (secondary N) is 1. The molecule has 0 aliphatic carbocycles. The van der Waals surface area contributed by atoms with Crippen molar-refractivity contribution in [2.24, 2.45) is 0 Å². The van der Waals surface area contributed by atoms with E-state index < -0.39 is 17.6 Å². The van der Waals surface area contributed by atoms with Crippen LogP contribution in [0, 0.1) is 0 Å². The minimum atomic E-state index is -4.46. The van der Waals surface area contributed by atoms with E-state index in [0.29, 0.717) is 16.5 Å². The SMILES string of the molecule is CC(C)c1nnc2ccc(SCC(=O)Nc3cccc(C(F)(F)F)c3)nn12. The normalized spacial score (nSPS) is 11.9. The van der Waals surface area contributed by atoms with Gasteiger partial charge < -0.3 is 5.32 Å². The highest BCUT2D eigenvalue weighted by atomic mass is 32.2. The third-order valence-corrected chi connectivity index (χ3v) is 4.52. The minimum Gasteiger partial charge on any atom is -0.325 e. The lowest BCUT2D eigenvalue weighted by atomic mass is 10.2. The van der Waals surface area contributed by atoms with Crippen LogP contribution in [0.3, 0.4) is 0 Å². The smallest absolute Gasteiger partial charge is 0.325 e. The molecule has 6 nitrogen and oxygen atoms in total. The van der Waals surface area contributed by atoms with Crippen LogP contribution in [-0.2, 0) is 11.0 Å². The average molecular weight is 395 g/mol. The number of benzene rings is 1. The average Bonchev–Trinajstić information content (AvgIpc) is 3.03. The standard InChI is InChI=1S/C17H16F3N5OS/c1-10(2)16-23-22-13-6-7-15(24-25(13)16)27-9-14(26)21-12-5-3-4-11(8-12)17(18,19)20/h3-8,10H,9H2,1-2H3,(H,21,26). The third kappa shape index (κ3) is 4.57. The van der Waals surface area contributed by atoms with E-state index in [9.17, 15) is 18.0 Å². The summed E-state index contributed by atoms with van der Waals surface area (Å²) in [6.07, 6.45) is -4.46. The minimum absolute atomic E-state index is 0.00783. The first kappa shape index (κ1) is 19.2. The number of halogens is 3. The van der Waals surface area contributed by atoms with Gasteiger partial charge in [-0.05, 0) is 30.3 Å².